The van der Waals surface area contributed by atoms with Gasteiger partial charge in [-0.05, 0) is 48.0 Å². The molecule has 1 N–H and O–H groups in total. The highest BCUT2D eigenvalue weighted by atomic mass is 35.5. The van der Waals surface area contributed by atoms with Crippen LogP contribution < -0.4 is 14.8 Å². The average Bonchev–Trinajstić information content (AvgIpc) is 2.67. The van der Waals surface area contributed by atoms with Crippen LogP contribution in [-0.4, -0.2) is 18.0 Å². The third-order valence-corrected chi connectivity index (χ3v) is 3.98. The number of nitrogens with one attached hydrogen (secondary N) is 1. The summed E-state index contributed by atoms with van der Waals surface area (Å²) >= 11 is 6.04. The number of rotatable bonds is 6. The number of benzene rings is 2. The van der Waals surface area contributed by atoms with Gasteiger partial charge >= 0.3 is 0 Å². The van der Waals surface area contributed by atoms with Crippen molar-refractivity contribution in [1.29, 1.82) is 0 Å². The molecular formula is C20H17ClN2O3. The number of hydrogen-bond acceptors (Lipinski definition) is 4. The van der Waals surface area contributed by atoms with Gasteiger partial charge in [-0.1, -0.05) is 23.7 Å². The maximum atomic E-state index is 12.2. The van der Waals surface area contributed by atoms with Crippen LogP contribution in [0.4, 0.5) is 0 Å². The number of carbonyl (C=O) groups is 1. The van der Waals surface area contributed by atoms with Gasteiger partial charge in [-0.2, -0.15) is 0 Å². The maximum Gasteiger partial charge on any atom is 0.253 e. The fraction of sp³-hybridized carbons (Fsp3) is 0.100. The number of nitrogens with zero attached hydrogens (tertiary/aromatic N) is 1. The summed E-state index contributed by atoms with van der Waals surface area (Å²) < 4.78 is 10.8. The van der Waals surface area contributed by atoms with Crippen molar-refractivity contribution in [3.05, 3.63) is 83.0 Å². The average molecular weight is 369 g/mol. The summed E-state index contributed by atoms with van der Waals surface area (Å²) in [5, 5.41) is 3.26. The number of aromatic nitrogens is 1. The van der Waals surface area contributed by atoms with Gasteiger partial charge in [0, 0.05) is 18.8 Å². The Kier molecular flexibility index (Phi) is 5.71. The van der Waals surface area contributed by atoms with E-state index >= 15 is 0 Å². The number of hydrogen-bond donors (Lipinski definition) is 1. The van der Waals surface area contributed by atoms with Gasteiger partial charge in [0.25, 0.3) is 5.91 Å². The molecule has 1 heterocycles. The van der Waals surface area contributed by atoms with Crippen molar-refractivity contribution in [1.82, 2.24) is 10.3 Å². The predicted octanol–water partition coefficient (Wildman–Crippen LogP) is 4.47. The molecule has 0 saturated carbocycles. The van der Waals surface area contributed by atoms with Crippen molar-refractivity contribution in [2.75, 3.05) is 7.11 Å². The van der Waals surface area contributed by atoms with E-state index in [9.17, 15) is 4.79 Å². The fourth-order valence-electron chi connectivity index (χ4n) is 2.30. The second-order valence-corrected chi connectivity index (χ2v) is 5.85. The summed E-state index contributed by atoms with van der Waals surface area (Å²) in [5.41, 5.74) is 1.31. The Morgan fingerprint density at radius 3 is 2.54 bits per heavy atom. The van der Waals surface area contributed by atoms with Gasteiger partial charge < -0.3 is 14.8 Å². The molecule has 132 valence electrons. The van der Waals surface area contributed by atoms with Gasteiger partial charge in [-0.25, -0.2) is 4.98 Å². The molecule has 26 heavy (non-hydrogen) atoms. The van der Waals surface area contributed by atoms with Crippen LogP contribution in [0.25, 0.3) is 0 Å². The highest BCUT2D eigenvalue weighted by Gasteiger charge is 2.09. The van der Waals surface area contributed by atoms with Crippen molar-refractivity contribution in [3.63, 3.8) is 0 Å². The highest BCUT2D eigenvalue weighted by molar-refractivity contribution is 6.33. The highest BCUT2D eigenvalue weighted by Crippen LogP contribution is 2.23. The first-order chi connectivity index (χ1) is 12.7. The lowest BCUT2D eigenvalue weighted by molar-refractivity contribution is 0.0951. The third-order valence-electron chi connectivity index (χ3n) is 3.65. The summed E-state index contributed by atoms with van der Waals surface area (Å²) in [5.74, 6) is 1.61. The molecule has 3 rings (SSSR count). The van der Waals surface area contributed by atoms with E-state index in [1.165, 1.54) is 0 Å². The molecule has 0 atom stereocenters. The zero-order valence-electron chi connectivity index (χ0n) is 14.1. The van der Waals surface area contributed by atoms with E-state index in [2.05, 4.69) is 10.3 Å². The second-order valence-electron chi connectivity index (χ2n) is 5.44. The first-order valence-corrected chi connectivity index (χ1v) is 8.33. The van der Waals surface area contributed by atoms with E-state index in [1.54, 1.807) is 55.8 Å². The minimum atomic E-state index is -0.231. The normalized spacial score (nSPS) is 10.2. The molecule has 6 heteroatoms. The Labute approximate surface area is 156 Å². The van der Waals surface area contributed by atoms with Gasteiger partial charge in [-0.3, -0.25) is 4.79 Å². The number of ether oxygens (including phenoxy) is 2. The van der Waals surface area contributed by atoms with Crippen LogP contribution in [0.15, 0.2) is 66.9 Å². The Bertz CT molecular complexity index is 898. The largest absolute Gasteiger partial charge is 0.497 e. The molecule has 0 spiro atoms. The van der Waals surface area contributed by atoms with Crippen molar-refractivity contribution in [3.8, 4) is 17.4 Å². The quantitative estimate of drug-likeness (QED) is 0.697. The molecule has 5 nitrogen and oxygen atoms in total. The van der Waals surface area contributed by atoms with E-state index in [1.807, 2.05) is 18.2 Å². The van der Waals surface area contributed by atoms with Gasteiger partial charge in [0.2, 0.25) is 5.88 Å². The Balaban J connectivity index is 1.63. The molecule has 0 aliphatic carbocycles. The molecular weight excluding hydrogens is 352 g/mol. The van der Waals surface area contributed by atoms with Crippen molar-refractivity contribution < 1.29 is 14.3 Å². The van der Waals surface area contributed by atoms with E-state index in [0.717, 1.165) is 11.3 Å². The van der Waals surface area contributed by atoms with E-state index in [-0.39, 0.29) is 5.91 Å². The Morgan fingerprint density at radius 2 is 1.81 bits per heavy atom. The summed E-state index contributed by atoms with van der Waals surface area (Å²) in [7, 11) is 1.61. The summed E-state index contributed by atoms with van der Waals surface area (Å²) in [6.07, 6.45) is 1.63. The second kappa shape index (κ2) is 8.36. The minimum absolute atomic E-state index is 0.231. The molecule has 3 aromatic rings. The fourth-order valence-corrected chi connectivity index (χ4v) is 2.53. The smallest absolute Gasteiger partial charge is 0.253 e. The van der Waals surface area contributed by atoms with Crippen molar-refractivity contribution >= 4 is 17.5 Å². The van der Waals surface area contributed by atoms with Crippen molar-refractivity contribution in [2.45, 2.75) is 6.54 Å². The minimum Gasteiger partial charge on any atom is -0.497 e. The first-order valence-electron chi connectivity index (χ1n) is 7.95. The van der Waals surface area contributed by atoms with Crippen LogP contribution in [0.2, 0.25) is 5.02 Å². The van der Waals surface area contributed by atoms with Crippen molar-refractivity contribution in [2.24, 2.45) is 0 Å². The van der Waals surface area contributed by atoms with Gasteiger partial charge in [-0.15, -0.1) is 0 Å². The summed E-state index contributed by atoms with van der Waals surface area (Å²) in [6.45, 7) is 0.339. The standard InChI is InChI=1S/C20H17ClN2O3/c1-25-15-6-8-16(9-7-15)26-19-12-14(10-11-22-19)13-23-20(24)17-4-2-3-5-18(17)21/h2-12H,13H2,1H3,(H,23,24). The summed E-state index contributed by atoms with van der Waals surface area (Å²) in [6, 6.07) is 17.7. The Hall–Kier alpha value is -3.05. The SMILES string of the molecule is COc1ccc(Oc2cc(CNC(=O)c3ccccc3Cl)ccn2)cc1. The van der Waals surface area contributed by atoms with Crippen LogP contribution in [0.3, 0.4) is 0 Å². The monoisotopic (exact) mass is 368 g/mol. The number of pyridine rings is 1. The maximum absolute atomic E-state index is 12.2. The molecule has 0 bridgehead atoms. The molecule has 0 radical (unpaired) electrons. The van der Waals surface area contributed by atoms with Gasteiger partial charge in [0.1, 0.15) is 11.5 Å². The molecule has 1 amide bonds. The van der Waals surface area contributed by atoms with Crippen LogP contribution in [-0.2, 0) is 6.54 Å². The zero-order valence-corrected chi connectivity index (χ0v) is 14.9. The molecule has 2 aromatic carbocycles. The number of halogens is 1. The van der Waals surface area contributed by atoms with Crippen LogP contribution >= 0.6 is 11.6 Å². The molecule has 0 fully saturated rings. The molecule has 0 saturated heterocycles. The van der Waals surface area contributed by atoms with Gasteiger partial charge in [0.15, 0.2) is 0 Å². The van der Waals surface area contributed by atoms with E-state index in [0.29, 0.717) is 28.8 Å². The lowest BCUT2D eigenvalue weighted by Crippen LogP contribution is -2.23. The first kappa shape index (κ1) is 17.8. The van der Waals surface area contributed by atoms with Crippen LogP contribution in [0.1, 0.15) is 15.9 Å². The van der Waals surface area contributed by atoms with E-state index < -0.39 is 0 Å². The van der Waals surface area contributed by atoms with Crippen LogP contribution in [0, 0.1) is 0 Å². The molecule has 0 aliphatic rings. The van der Waals surface area contributed by atoms with E-state index in [4.69, 9.17) is 21.1 Å². The Morgan fingerprint density at radius 1 is 1.08 bits per heavy atom. The zero-order chi connectivity index (χ0) is 18.4. The third kappa shape index (κ3) is 4.52. The lowest BCUT2D eigenvalue weighted by atomic mass is 10.2. The topological polar surface area (TPSA) is 60.5 Å². The lowest BCUT2D eigenvalue weighted by Gasteiger charge is -2.09. The molecule has 0 aliphatic heterocycles. The number of methoxy groups -OCH3 is 1. The predicted molar refractivity (Wildman–Crippen MR) is 99.9 cm³/mol. The van der Waals surface area contributed by atoms with Gasteiger partial charge in [0.05, 0.1) is 17.7 Å². The molecule has 1 aromatic heterocycles. The van der Waals surface area contributed by atoms with Crippen LogP contribution in [0.5, 0.6) is 17.4 Å². The molecule has 0 unspecified atom stereocenters. The number of carbonyl (C=O) groups excluding carboxylic acids is 1. The summed E-state index contributed by atoms with van der Waals surface area (Å²) in [4.78, 5) is 16.4. The number of amides is 1.